The first-order valence-electron chi connectivity index (χ1n) is 11.0. The zero-order valence-corrected chi connectivity index (χ0v) is 19.3. The summed E-state index contributed by atoms with van der Waals surface area (Å²) in [7, 11) is 1.60. The molecule has 2 aromatic carbocycles. The monoisotopic (exact) mass is 448 g/mol. The van der Waals surface area contributed by atoms with E-state index in [1.54, 1.807) is 11.8 Å². The number of benzene rings is 2. The Labute approximate surface area is 192 Å². The standard InChI is InChI=1S/C24H28N6O3/c1-5-6-12-33-19-11-10-17(14-20(19)32-4)22-21(16(3)25-24-27-28-29-30(22)24)23(31)26-18-9-7-8-15(2)13-18/h7-11,13-14,22H,5-6,12H2,1-4H3,(H,26,31)(H,25,27,29). The van der Waals surface area contributed by atoms with Gasteiger partial charge in [0.15, 0.2) is 11.5 Å². The van der Waals surface area contributed by atoms with Crippen LogP contribution in [-0.2, 0) is 4.79 Å². The zero-order chi connectivity index (χ0) is 23.4. The fourth-order valence-electron chi connectivity index (χ4n) is 3.84. The minimum atomic E-state index is -0.542. The fraction of sp³-hybridized carbons (Fsp3) is 0.333. The van der Waals surface area contributed by atoms with Gasteiger partial charge in [-0.05, 0) is 66.1 Å². The molecule has 0 radical (unpaired) electrons. The summed E-state index contributed by atoms with van der Waals surface area (Å²) < 4.78 is 13.1. The van der Waals surface area contributed by atoms with Gasteiger partial charge in [0.1, 0.15) is 6.04 Å². The molecule has 0 saturated heterocycles. The maximum absolute atomic E-state index is 13.5. The van der Waals surface area contributed by atoms with Gasteiger partial charge in [0.25, 0.3) is 5.91 Å². The predicted octanol–water partition coefficient (Wildman–Crippen LogP) is 4.10. The number of aromatic nitrogens is 4. The maximum atomic E-state index is 13.5. The number of anilines is 2. The molecular formula is C24H28N6O3. The molecule has 0 saturated carbocycles. The molecule has 1 aliphatic heterocycles. The van der Waals surface area contributed by atoms with Crippen LogP contribution in [0, 0.1) is 6.92 Å². The lowest BCUT2D eigenvalue weighted by Gasteiger charge is -2.28. The van der Waals surface area contributed by atoms with Crippen molar-refractivity contribution in [1.82, 2.24) is 20.2 Å². The van der Waals surface area contributed by atoms with Crippen molar-refractivity contribution in [2.45, 2.75) is 39.7 Å². The second-order valence-corrected chi connectivity index (χ2v) is 7.95. The van der Waals surface area contributed by atoms with Gasteiger partial charge < -0.3 is 20.1 Å². The van der Waals surface area contributed by atoms with Crippen molar-refractivity contribution in [2.24, 2.45) is 0 Å². The summed E-state index contributed by atoms with van der Waals surface area (Å²) in [5, 5.41) is 18.1. The third kappa shape index (κ3) is 4.67. The molecule has 1 unspecified atom stereocenters. The Morgan fingerprint density at radius 1 is 1.18 bits per heavy atom. The SMILES string of the molecule is CCCCOc1ccc(C2C(C(=O)Nc3cccc(C)c3)=C(C)Nc3nnnn32)cc1OC. The number of hydrogen-bond donors (Lipinski definition) is 2. The molecule has 9 heteroatoms. The highest BCUT2D eigenvalue weighted by Gasteiger charge is 2.34. The van der Waals surface area contributed by atoms with Gasteiger partial charge in [-0.3, -0.25) is 4.79 Å². The topological polar surface area (TPSA) is 103 Å². The lowest BCUT2D eigenvalue weighted by molar-refractivity contribution is -0.113. The van der Waals surface area contributed by atoms with Crippen molar-refractivity contribution in [3.05, 3.63) is 64.9 Å². The number of tetrazole rings is 1. The summed E-state index contributed by atoms with van der Waals surface area (Å²) in [6.45, 7) is 6.55. The van der Waals surface area contributed by atoms with Crippen molar-refractivity contribution in [3.63, 3.8) is 0 Å². The first kappa shape index (κ1) is 22.3. The van der Waals surface area contributed by atoms with Crippen LogP contribution in [0.25, 0.3) is 0 Å². The summed E-state index contributed by atoms with van der Waals surface area (Å²) in [6.07, 6.45) is 2.00. The molecule has 0 spiro atoms. The highest BCUT2D eigenvalue weighted by molar-refractivity contribution is 6.06. The van der Waals surface area contributed by atoms with Crippen LogP contribution < -0.4 is 20.1 Å². The quantitative estimate of drug-likeness (QED) is 0.500. The van der Waals surface area contributed by atoms with Crippen LogP contribution in [0.15, 0.2) is 53.7 Å². The second-order valence-electron chi connectivity index (χ2n) is 7.95. The number of amides is 1. The highest BCUT2D eigenvalue weighted by atomic mass is 16.5. The Hall–Kier alpha value is -3.88. The number of methoxy groups -OCH3 is 1. The van der Waals surface area contributed by atoms with Gasteiger partial charge in [-0.1, -0.05) is 36.6 Å². The Morgan fingerprint density at radius 2 is 2.03 bits per heavy atom. The van der Waals surface area contributed by atoms with Crippen molar-refractivity contribution in [2.75, 3.05) is 24.4 Å². The van der Waals surface area contributed by atoms with Crippen LogP contribution in [-0.4, -0.2) is 39.8 Å². The van der Waals surface area contributed by atoms with E-state index in [2.05, 4.69) is 33.1 Å². The first-order chi connectivity index (χ1) is 16.0. The van der Waals surface area contributed by atoms with Gasteiger partial charge in [-0.25, -0.2) is 0 Å². The number of allylic oxidation sites excluding steroid dienone is 1. The van der Waals surface area contributed by atoms with Gasteiger partial charge in [0, 0.05) is 11.4 Å². The fourth-order valence-corrected chi connectivity index (χ4v) is 3.84. The highest BCUT2D eigenvalue weighted by Crippen LogP contribution is 2.38. The Kier molecular flexibility index (Phi) is 6.58. The van der Waals surface area contributed by atoms with Crippen LogP contribution >= 0.6 is 0 Å². The van der Waals surface area contributed by atoms with Crippen LogP contribution in [0.2, 0.25) is 0 Å². The van der Waals surface area contributed by atoms with E-state index in [0.29, 0.717) is 35.3 Å². The van der Waals surface area contributed by atoms with E-state index in [4.69, 9.17) is 9.47 Å². The zero-order valence-electron chi connectivity index (χ0n) is 19.3. The van der Waals surface area contributed by atoms with Crippen molar-refractivity contribution in [3.8, 4) is 11.5 Å². The number of carbonyl (C=O) groups excluding carboxylic acids is 1. The van der Waals surface area contributed by atoms with Crippen LogP contribution in [0.3, 0.4) is 0 Å². The molecule has 0 aliphatic carbocycles. The number of aryl methyl sites for hydroxylation is 1. The summed E-state index contributed by atoms with van der Waals surface area (Å²) in [6, 6.07) is 12.8. The summed E-state index contributed by atoms with van der Waals surface area (Å²) in [5.74, 6) is 1.48. The van der Waals surface area contributed by atoms with Crippen LogP contribution in [0.1, 0.15) is 43.9 Å². The number of unbranched alkanes of at least 4 members (excludes halogenated alkanes) is 1. The van der Waals surface area contributed by atoms with Crippen molar-refractivity contribution in [1.29, 1.82) is 0 Å². The average Bonchev–Trinajstić information content (AvgIpc) is 3.26. The van der Waals surface area contributed by atoms with Crippen LogP contribution in [0.4, 0.5) is 11.6 Å². The average molecular weight is 449 g/mol. The number of ether oxygens (including phenoxy) is 2. The van der Waals surface area contributed by atoms with E-state index in [1.807, 2.05) is 56.3 Å². The first-order valence-corrected chi connectivity index (χ1v) is 11.0. The lowest BCUT2D eigenvalue weighted by Crippen LogP contribution is -2.31. The Bertz CT molecular complexity index is 1190. The van der Waals surface area contributed by atoms with E-state index < -0.39 is 6.04 Å². The van der Waals surface area contributed by atoms with Crippen LogP contribution in [0.5, 0.6) is 11.5 Å². The summed E-state index contributed by atoms with van der Waals surface area (Å²) in [4.78, 5) is 13.5. The Morgan fingerprint density at radius 3 is 2.79 bits per heavy atom. The third-order valence-electron chi connectivity index (χ3n) is 5.49. The largest absolute Gasteiger partial charge is 0.493 e. The van der Waals surface area contributed by atoms with E-state index in [-0.39, 0.29) is 5.91 Å². The summed E-state index contributed by atoms with van der Waals surface area (Å²) >= 11 is 0. The van der Waals surface area contributed by atoms with E-state index in [9.17, 15) is 4.79 Å². The summed E-state index contributed by atoms with van der Waals surface area (Å²) in [5.41, 5.74) is 3.77. The molecule has 0 bridgehead atoms. The minimum absolute atomic E-state index is 0.237. The van der Waals surface area contributed by atoms with Gasteiger partial charge >= 0.3 is 0 Å². The third-order valence-corrected chi connectivity index (χ3v) is 5.49. The molecule has 1 aliphatic rings. The smallest absolute Gasteiger partial charge is 0.255 e. The van der Waals surface area contributed by atoms with E-state index >= 15 is 0 Å². The molecule has 1 amide bonds. The molecule has 9 nitrogen and oxygen atoms in total. The maximum Gasteiger partial charge on any atom is 0.255 e. The van der Waals surface area contributed by atoms with Gasteiger partial charge in [0.05, 0.1) is 19.3 Å². The van der Waals surface area contributed by atoms with Crippen molar-refractivity contribution < 1.29 is 14.3 Å². The van der Waals surface area contributed by atoms with E-state index in [1.165, 1.54) is 0 Å². The Balaban J connectivity index is 1.71. The number of fused-ring (bicyclic) bond motifs is 1. The minimum Gasteiger partial charge on any atom is -0.493 e. The molecule has 33 heavy (non-hydrogen) atoms. The lowest BCUT2D eigenvalue weighted by atomic mass is 9.94. The number of nitrogens with zero attached hydrogens (tertiary/aromatic N) is 4. The number of carbonyl (C=O) groups is 1. The van der Waals surface area contributed by atoms with E-state index in [0.717, 1.165) is 29.7 Å². The molecule has 0 fully saturated rings. The normalized spacial score (nSPS) is 15.0. The molecule has 1 aromatic heterocycles. The van der Waals surface area contributed by atoms with Gasteiger partial charge in [0.2, 0.25) is 5.95 Å². The number of rotatable bonds is 8. The molecule has 3 aromatic rings. The molecule has 172 valence electrons. The molecular weight excluding hydrogens is 420 g/mol. The molecule has 4 rings (SSSR count). The number of nitrogens with one attached hydrogen (secondary N) is 2. The molecule has 2 heterocycles. The molecule has 2 N–H and O–H groups in total. The van der Waals surface area contributed by atoms with Crippen molar-refractivity contribution >= 4 is 17.5 Å². The molecule has 1 atom stereocenters. The van der Waals surface area contributed by atoms with Gasteiger partial charge in [-0.15, -0.1) is 0 Å². The number of hydrogen-bond acceptors (Lipinski definition) is 7. The predicted molar refractivity (Wildman–Crippen MR) is 125 cm³/mol. The second kappa shape index (κ2) is 9.72. The van der Waals surface area contributed by atoms with Gasteiger partial charge in [-0.2, -0.15) is 4.68 Å².